The van der Waals surface area contributed by atoms with Crippen molar-refractivity contribution in [3.05, 3.63) is 545 Å². The van der Waals surface area contributed by atoms with Gasteiger partial charge >= 0.3 is 7.12 Å². The molecule has 0 atom stereocenters. The molecule has 1 aliphatic heterocycles. The highest BCUT2D eigenvalue weighted by atomic mass is 35.5. The molecule has 0 aromatic heterocycles. The van der Waals surface area contributed by atoms with Crippen molar-refractivity contribution < 1.29 is 9.31 Å². The van der Waals surface area contributed by atoms with Crippen molar-refractivity contribution in [1.82, 2.24) is 0 Å². The van der Waals surface area contributed by atoms with Crippen LogP contribution in [0.15, 0.2) is 473 Å². The summed E-state index contributed by atoms with van der Waals surface area (Å²) in [7, 11) is -0.392. The molecule has 6 aliphatic carbocycles. The Morgan fingerprint density at radius 3 is 0.814 bits per heavy atom. The van der Waals surface area contributed by atoms with Crippen LogP contribution in [-0.2, 0) is 31.0 Å². The molecule has 670 valence electrons. The van der Waals surface area contributed by atoms with Gasteiger partial charge in [0.15, 0.2) is 0 Å². The maximum Gasteiger partial charge on any atom is 0.494 e. The van der Waals surface area contributed by atoms with Gasteiger partial charge in [0, 0.05) is 50.0 Å². The van der Waals surface area contributed by atoms with Gasteiger partial charge in [-0.1, -0.05) is 421 Å². The Kier molecular flexibility index (Phi) is 20.4. The summed E-state index contributed by atoms with van der Waals surface area (Å²) in [4.78, 5) is 4.77. The number of rotatable bonds is 12. The lowest BCUT2D eigenvalue weighted by Gasteiger charge is -2.32. The lowest BCUT2D eigenvalue weighted by atomic mass is 9.70. The van der Waals surface area contributed by atoms with E-state index < -0.39 is 12.5 Å². The molecular formula is C134H102BClN2O2. The number of benzene rings is 20. The molecule has 0 saturated carbocycles. The first-order chi connectivity index (χ1) is 68.3. The van der Waals surface area contributed by atoms with Crippen molar-refractivity contribution in [2.75, 3.05) is 9.80 Å². The first-order valence-electron chi connectivity index (χ1n) is 49.0. The molecule has 1 saturated heterocycles. The standard InChI is InChI=1S/C64H45N.C39H38BNO2.C31H19Cl/c1-63(2)56-24-12-9-20-51(56)54-39-37-49(41-60(54)63)65(47-33-28-43(29-34-47)42-16-5-3-6-17-42)48-35-30-44(31-36-48)46-32-38-55-61(40-46)64(57-25-13-10-21-52(57)53-22-11-14-26-58(53)64)59-27-15-23-50(62(55)59)45-18-7-4-8-19-45;1-37(2)35-15-11-10-14-33(35)34-25-24-32(26-36(34)37)41(30-20-16-28(17-21-30)27-12-8-7-9-13-27)31-22-18-29(19-23-31)40-42-38(3,4)39(5,6)43-40;32-21-17-18-25-29(19-21)31(26-14-6-4-11-23(26)24-12-5-7-15-27(24)31)28-16-8-13-22(30(25)28)20-9-2-1-3-10-20/h3-41H,1-2H3;7-26H,1-6H3;1-19H. The number of hydrogen-bond donors (Lipinski definition) is 0. The van der Waals surface area contributed by atoms with Gasteiger partial charge in [0.05, 0.1) is 22.0 Å². The third kappa shape index (κ3) is 13.5. The van der Waals surface area contributed by atoms with Crippen molar-refractivity contribution in [2.24, 2.45) is 0 Å². The Morgan fingerprint density at radius 1 is 0.186 bits per heavy atom. The Balaban J connectivity index is 0.000000119. The van der Waals surface area contributed by atoms with Crippen molar-refractivity contribution in [1.29, 1.82) is 0 Å². The second-order valence-electron chi connectivity index (χ2n) is 40.3. The fraction of sp³-hybridized carbons (Fsp3) is 0.104. The van der Waals surface area contributed by atoms with Gasteiger partial charge in [-0.2, -0.15) is 0 Å². The Bertz CT molecular complexity index is 8180. The highest BCUT2D eigenvalue weighted by molar-refractivity contribution is 6.62. The second-order valence-corrected chi connectivity index (χ2v) is 40.8. The smallest absolute Gasteiger partial charge is 0.399 e. The van der Waals surface area contributed by atoms with Crippen molar-refractivity contribution >= 4 is 58.3 Å². The summed E-state index contributed by atoms with van der Waals surface area (Å²) in [5, 5.41) is 0.777. The molecule has 6 heteroatoms. The lowest BCUT2D eigenvalue weighted by Crippen LogP contribution is -2.41. The number of halogens is 1. The van der Waals surface area contributed by atoms with Gasteiger partial charge in [0.25, 0.3) is 0 Å². The van der Waals surface area contributed by atoms with Crippen LogP contribution in [0.25, 0.3) is 122 Å². The summed E-state index contributed by atoms with van der Waals surface area (Å²) in [5.74, 6) is 0. The Hall–Kier alpha value is -15.7. The summed E-state index contributed by atoms with van der Waals surface area (Å²) >= 11 is 6.64. The average molecular weight is 1820 g/mol. The zero-order valence-electron chi connectivity index (χ0n) is 79.7. The molecule has 0 radical (unpaired) electrons. The molecule has 1 heterocycles. The van der Waals surface area contributed by atoms with Gasteiger partial charge in [-0.15, -0.1) is 0 Å². The molecule has 0 unspecified atom stereocenters. The average Bonchev–Trinajstić information content (AvgIpc) is 1.51. The minimum atomic E-state index is -0.442. The Morgan fingerprint density at radius 2 is 0.443 bits per heavy atom. The molecular weight excluding hydrogens is 1720 g/mol. The third-order valence-electron chi connectivity index (χ3n) is 31.6. The summed E-state index contributed by atoms with van der Waals surface area (Å²) in [6, 6.07) is 173. The van der Waals surface area contributed by atoms with Crippen LogP contribution in [0.1, 0.15) is 122 Å². The van der Waals surface area contributed by atoms with Gasteiger partial charge in [0.1, 0.15) is 0 Å². The van der Waals surface area contributed by atoms with Gasteiger partial charge in [0.2, 0.25) is 0 Å². The van der Waals surface area contributed by atoms with Crippen LogP contribution in [0, 0.1) is 0 Å². The number of hydrogen-bond acceptors (Lipinski definition) is 4. The molecule has 27 rings (SSSR count). The molecule has 4 nitrogen and oxygen atoms in total. The van der Waals surface area contributed by atoms with E-state index in [1.807, 2.05) is 6.07 Å². The number of nitrogens with zero attached hydrogens (tertiary/aromatic N) is 2. The molecule has 0 N–H and O–H groups in total. The summed E-state index contributed by atoms with van der Waals surface area (Å²) < 4.78 is 12.7. The summed E-state index contributed by atoms with van der Waals surface area (Å²) in [6.45, 7) is 17.8. The molecule has 20 aromatic rings. The number of anilines is 6. The van der Waals surface area contributed by atoms with Gasteiger partial charge in [-0.3, -0.25) is 0 Å². The minimum Gasteiger partial charge on any atom is -0.399 e. The molecule has 1 fully saturated rings. The van der Waals surface area contributed by atoms with Crippen LogP contribution in [0.3, 0.4) is 0 Å². The van der Waals surface area contributed by atoms with E-state index >= 15 is 0 Å². The van der Waals surface area contributed by atoms with Gasteiger partial charge in [-0.25, -0.2) is 0 Å². The van der Waals surface area contributed by atoms with E-state index in [0.717, 1.165) is 44.6 Å². The van der Waals surface area contributed by atoms with Crippen LogP contribution in [0.5, 0.6) is 0 Å². The topological polar surface area (TPSA) is 24.9 Å². The van der Waals surface area contributed by atoms with Crippen LogP contribution in [0.2, 0.25) is 5.02 Å². The second kappa shape index (κ2) is 33.3. The van der Waals surface area contributed by atoms with Crippen LogP contribution < -0.4 is 15.3 Å². The predicted molar refractivity (Wildman–Crippen MR) is 584 cm³/mol. The SMILES string of the molecule is CC1(C)c2ccccc2-c2ccc(N(c3ccc(-c4ccccc4)cc3)c3ccc(-c4ccc5c(c4)C4(c6ccccc6-c6ccccc64)c4cccc(-c6ccccc6)c4-5)cc3)cc21.CC1(C)c2ccccc2-c2ccc(N(c3ccc(B4OC(C)(C)C(C)(C)O4)cc3)c3ccc(-c4ccccc4)cc3)cc21.Clc1ccc2c(c1)C1(c3ccccc3-c3ccccc31)c1cccc(-c3ccccc3)c1-2. The zero-order valence-corrected chi connectivity index (χ0v) is 80.5. The van der Waals surface area contributed by atoms with Gasteiger partial charge in [-0.05, 0) is 313 Å². The Labute approximate surface area is 827 Å². The van der Waals surface area contributed by atoms with Crippen LogP contribution in [-0.4, -0.2) is 18.3 Å². The lowest BCUT2D eigenvalue weighted by molar-refractivity contribution is 0.00578. The first-order valence-corrected chi connectivity index (χ1v) is 49.4. The van der Waals surface area contributed by atoms with Gasteiger partial charge < -0.3 is 19.1 Å². The minimum absolute atomic E-state index is 0.0780. The third-order valence-corrected chi connectivity index (χ3v) is 31.8. The molecule has 2 spiro atoms. The summed E-state index contributed by atoms with van der Waals surface area (Å²) in [5.41, 5.74) is 50.2. The van der Waals surface area contributed by atoms with E-state index in [1.54, 1.807) is 0 Å². The molecule has 0 amide bonds. The highest BCUT2D eigenvalue weighted by Crippen LogP contribution is 2.67. The molecule has 20 aromatic carbocycles. The van der Waals surface area contributed by atoms with Crippen LogP contribution >= 0.6 is 11.6 Å². The van der Waals surface area contributed by atoms with Crippen LogP contribution in [0.4, 0.5) is 34.1 Å². The van der Waals surface area contributed by atoms with Crippen molar-refractivity contribution in [3.8, 4) is 122 Å². The zero-order chi connectivity index (χ0) is 94.5. The monoisotopic (exact) mass is 1820 g/mol. The largest absolute Gasteiger partial charge is 0.494 e. The number of fused-ring (bicyclic) bond motifs is 26. The fourth-order valence-electron chi connectivity index (χ4n) is 24.2. The van der Waals surface area contributed by atoms with Crippen molar-refractivity contribution in [3.63, 3.8) is 0 Å². The fourth-order valence-corrected chi connectivity index (χ4v) is 24.4. The maximum absolute atomic E-state index is 6.64. The predicted octanol–water partition coefficient (Wildman–Crippen LogP) is 34.6. The highest BCUT2D eigenvalue weighted by Gasteiger charge is 2.56. The summed E-state index contributed by atoms with van der Waals surface area (Å²) in [6.07, 6.45) is 0. The molecule has 7 aliphatic rings. The maximum atomic E-state index is 6.64. The van der Waals surface area contributed by atoms with E-state index in [1.165, 1.54) is 189 Å². The van der Waals surface area contributed by atoms with E-state index in [9.17, 15) is 0 Å². The first kappa shape index (κ1) is 85.9. The normalized spacial score (nSPS) is 15.0. The molecule has 140 heavy (non-hydrogen) atoms. The quantitative estimate of drug-likeness (QED) is 0.114. The van der Waals surface area contributed by atoms with Crippen molar-refractivity contribution in [2.45, 2.75) is 88.3 Å². The van der Waals surface area contributed by atoms with E-state index in [2.05, 4.69) is 532 Å². The molecule has 0 bridgehead atoms. The van der Waals surface area contributed by atoms with E-state index in [0.29, 0.717) is 0 Å². The van der Waals surface area contributed by atoms with E-state index in [-0.39, 0.29) is 27.4 Å². The van der Waals surface area contributed by atoms with E-state index in [4.69, 9.17) is 20.9 Å².